The number of allylic oxidation sites excluding steroid dienone is 1. The lowest BCUT2D eigenvalue weighted by Gasteiger charge is -2.34. The maximum absolute atomic E-state index is 12.4. The van der Waals surface area contributed by atoms with E-state index in [1.54, 1.807) is 18.7 Å². The molecule has 0 spiro atoms. The van der Waals surface area contributed by atoms with Crippen LogP contribution in [0.15, 0.2) is 29.8 Å². The van der Waals surface area contributed by atoms with Crippen molar-refractivity contribution >= 4 is 23.5 Å². The molecule has 1 heterocycles. The third-order valence-electron chi connectivity index (χ3n) is 4.58. The van der Waals surface area contributed by atoms with Crippen LogP contribution in [0.5, 0.6) is 0 Å². The number of ether oxygens (including phenoxy) is 1. The molecule has 0 unspecified atom stereocenters. The van der Waals surface area contributed by atoms with Gasteiger partial charge < -0.3 is 15.0 Å². The number of hydrogen-bond acceptors (Lipinski definition) is 5. The molecule has 0 aromatic heterocycles. The van der Waals surface area contributed by atoms with Crippen molar-refractivity contribution in [2.24, 2.45) is 0 Å². The summed E-state index contributed by atoms with van der Waals surface area (Å²) >= 11 is 0. The van der Waals surface area contributed by atoms with Crippen LogP contribution >= 0.6 is 0 Å². The van der Waals surface area contributed by atoms with Crippen LogP contribution < -0.4 is 5.32 Å². The minimum atomic E-state index is -0.504. The molecule has 28 heavy (non-hydrogen) atoms. The summed E-state index contributed by atoms with van der Waals surface area (Å²) in [7, 11) is 0. The van der Waals surface area contributed by atoms with Crippen molar-refractivity contribution < 1.29 is 19.1 Å². The summed E-state index contributed by atoms with van der Waals surface area (Å²) in [5.74, 6) is -0.780. The first-order valence-electron chi connectivity index (χ1n) is 9.44. The monoisotopic (exact) mass is 387 g/mol. The van der Waals surface area contributed by atoms with Gasteiger partial charge in [0.15, 0.2) is 6.61 Å². The highest BCUT2D eigenvalue weighted by atomic mass is 16.5. The van der Waals surface area contributed by atoms with Crippen molar-refractivity contribution in [3.63, 3.8) is 0 Å². The van der Waals surface area contributed by atoms with Crippen LogP contribution in [0.2, 0.25) is 0 Å². The number of amides is 2. The van der Waals surface area contributed by atoms with Crippen molar-refractivity contribution in [2.75, 3.05) is 44.6 Å². The summed E-state index contributed by atoms with van der Waals surface area (Å²) in [6.45, 7) is 9.78. The van der Waals surface area contributed by atoms with Gasteiger partial charge in [0.25, 0.3) is 5.91 Å². The molecule has 0 bridgehead atoms. The zero-order valence-electron chi connectivity index (χ0n) is 17.1. The Kier molecular flexibility index (Phi) is 7.75. The number of carbonyl (C=O) groups excluding carboxylic acids is 3. The minimum absolute atomic E-state index is 0.0622. The molecule has 1 aromatic rings. The largest absolute Gasteiger partial charge is 0.452 e. The maximum atomic E-state index is 12.4. The van der Waals surface area contributed by atoms with E-state index >= 15 is 0 Å². The van der Waals surface area contributed by atoms with Crippen molar-refractivity contribution in [3.05, 3.63) is 41.0 Å². The maximum Gasteiger partial charge on any atom is 0.331 e. The highest BCUT2D eigenvalue weighted by Gasteiger charge is 2.23. The van der Waals surface area contributed by atoms with Gasteiger partial charge in [-0.1, -0.05) is 23.8 Å². The minimum Gasteiger partial charge on any atom is -0.452 e. The third-order valence-corrected chi connectivity index (χ3v) is 4.58. The first-order valence-corrected chi connectivity index (χ1v) is 9.44. The van der Waals surface area contributed by atoms with Crippen LogP contribution in [-0.4, -0.2) is 66.9 Å². The number of benzene rings is 1. The van der Waals surface area contributed by atoms with Gasteiger partial charge in [-0.2, -0.15) is 0 Å². The fourth-order valence-corrected chi connectivity index (χ4v) is 3.05. The summed E-state index contributed by atoms with van der Waals surface area (Å²) in [5, 5.41) is 2.98. The molecule has 0 radical (unpaired) electrons. The van der Waals surface area contributed by atoms with Crippen LogP contribution in [0.25, 0.3) is 0 Å². The molecule has 152 valence electrons. The first kappa shape index (κ1) is 21.6. The molecular formula is C21H29N3O4. The molecular weight excluding hydrogens is 358 g/mol. The van der Waals surface area contributed by atoms with Crippen molar-refractivity contribution in [3.8, 4) is 0 Å². The molecule has 0 saturated carbocycles. The fraction of sp³-hybridized carbons (Fsp3) is 0.476. The summed E-state index contributed by atoms with van der Waals surface area (Å²) in [6.07, 6.45) is 1.36. The zero-order chi connectivity index (χ0) is 20.7. The molecule has 1 aromatic carbocycles. The van der Waals surface area contributed by atoms with Gasteiger partial charge in [-0.15, -0.1) is 0 Å². The molecule has 7 heteroatoms. The molecule has 2 amide bonds. The van der Waals surface area contributed by atoms with E-state index in [0.717, 1.165) is 22.4 Å². The van der Waals surface area contributed by atoms with Gasteiger partial charge in [-0.3, -0.25) is 14.5 Å². The molecule has 0 atom stereocenters. The second-order valence-corrected chi connectivity index (χ2v) is 7.30. The van der Waals surface area contributed by atoms with Gasteiger partial charge in [-0.25, -0.2) is 4.79 Å². The van der Waals surface area contributed by atoms with Crippen molar-refractivity contribution in [1.29, 1.82) is 0 Å². The van der Waals surface area contributed by atoms with Crippen molar-refractivity contribution in [1.82, 2.24) is 9.80 Å². The number of hydrogen-bond donors (Lipinski definition) is 1. The van der Waals surface area contributed by atoms with Gasteiger partial charge in [0.1, 0.15) is 0 Å². The Morgan fingerprint density at radius 1 is 1.07 bits per heavy atom. The van der Waals surface area contributed by atoms with E-state index in [1.165, 1.54) is 6.08 Å². The van der Waals surface area contributed by atoms with Gasteiger partial charge in [0.2, 0.25) is 5.91 Å². The molecule has 1 N–H and O–H groups in total. The van der Waals surface area contributed by atoms with Crippen molar-refractivity contribution in [2.45, 2.75) is 27.7 Å². The van der Waals surface area contributed by atoms with E-state index < -0.39 is 5.97 Å². The number of para-hydroxylation sites is 1. The lowest BCUT2D eigenvalue weighted by atomic mass is 10.1. The summed E-state index contributed by atoms with van der Waals surface area (Å²) in [5.41, 5.74) is 3.75. The molecule has 1 aliphatic rings. The van der Waals surface area contributed by atoms with Crippen LogP contribution in [0.4, 0.5) is 5.69 Å². The standard InChI is InChI=1S/C21H29N3O4/c1-15(2)12-20(27)28-14-19(26)24-10-8-23(9-11-24)13-18(25)22-21-16(3)6-5-7-17(21)4/h5-7,12H,8-11,13-14H2,1-4H3,(H,22,25). The molecule has 1 fully saturated rings. The highest BCUT2D eigenvalue weighted by molar-refractivity contribution is 5.93. The zero-order valence-corrected chi connectivity index (χ0v) is 17.1. The highest BCUT2D eigenvalue weighted by Crippen LogP contribution is 2.19. The first-order chi connectivity index (χ1) is 13.3. The average molecular weight is 387 g/mol. The Hall–Kier alpha value is -2.67. The fourth-order valence-electron chi connectivity index (χ4n) is 3.05. The number of anilines is 1. The van der Waals surface area contributed by atoms with Crippen LogP contribution in [0, 0.1) is 13.8 Å². The predicted octanol–water partition coefficient (Wildman–Crippen LogP) is 1.90. The Morgan fingerprint density at radius 3 is 2.25 bits per heavy atom. The predicted molar refractivity (Wildman–Crippen MR) is 108 cm³/mol. The number of aryl methyl sites for hydroxylation is 2. The van der Waals surface area contributed by atoms with E-state index in [0.29, 0.717) is 26.2 Å². The van der Waals surface area contributed by atoms with Crippen LogP contribution in [0.1, 0.15) is 25.0 Å². The Morgan fingerprint density at radius 2 is 1.68 bits per heavy atom. The van der Waals surface area contributed by atoms with Gasteiger partial charge >= 0.3 is 5.97 Å². The molecule has 1 aliphatic heterocycles. The second kappa shape index (κ2) is 10.0. The second-order valence-electron chi connectivity index (χ2n) is 7.30. The van der Waals surface area contributed by atoms with E-state index in [-0.39, 0.29) is 25.0 Å². The molecule has 2 rings (SSSR count). The quantitative estimate of drug-likeness (QED) is 0.596. The van der Waals surface area contributed by atoms with Crippen LogP contribution in [0.3, 0.4) is 0 Å². The van der Waals surface area contributed by atoms with Gasteiger partial charge in [0, 0.05) is 37.9 Å². The van der Waals surface area contributed by atoms with Crippen LogP contribution in [-0.2, 0) is 19.1 Å². The average Bonchev–Trinajstić information content (AvgIpc) is 2.63. The van der Waals surface area contributed by atoms with E-state index in [1.807, 2.05) is 36.9 Å². The van der Waals surface area contributed by atoms with E-state index in [4.69, 9.17) is 4.74 Å². The number of nitrogens with zero attached hydrogens (tertiary/aromatic N) is 2. The third kappa shape index (κ3) is 6.49. The smallest absolute Gasteiger partial charge is 0.331 e. The Balaban J connectivity index is 1.76. The Bertz CT molecular complexity index is 741. The topological polar surface area (TPSA) is 79.0 Å². The normalized spacial score (nSPS) is 14.4. The lowest BCUT2D eigenvalue weighted by Crippen LogP contribution is -2.51. The number of nitrogens with one attached hydrogen (secondary N) is 1. The SMILES string of the molecule is CC(C)=CC(=O)OCC(=O)N1CCN(CC(=O)Nc2c(C)cccc2C)CC1. The lowest BCUT2D eigenvalue weighted by molar-refractivity contribution is -0.149. The van der Waals surface area contributed by atoms with E-state index in [2.05, 4.69) is 5.32 Å². The number of rotatable bonds is 6. The summed E-state index contributed by atoms with van der Waals surface area (Å²) < 4.78 is 4.96. The number of esters is 1. The number of piperazine rings is 1. The molecule has 7 nitrogen and oxygen atoms in total. The Labute approximate surface area is 166 Å². The number of carbonyl (C=O) groups is 3. The molecule has 1 saturated heterocycles. The summed E-state index contributed by atoms with van der Waals surface area (Å²) in [4.78, 5) is 39.7. The summed E-state index contributed by atoms with van der Waals surface area (Å²) in [6, 6.07) is 5.91. The van der Waals surface area contributed by atoms with Gasteiger partial charge in [0.05, 0.1) is 6.54 Å². The molecule has 0 aliphatic carbocycles. The van der Waals surface area contributed by atoms with E-state index in [9.17, 15) is 14.4 Å². The van der Waals surface area contributed by atoms with Gasteiger partial charge in [-0.05, 0) is 38.8 Å².